The quantitative estimate of drug-likeness (QED) is 0.676. The first-order valence-electron chi connectivity index (χ1n) is 8.03. The van der Waals surface area contributed by atoms with E-state index in [0.717, 1.165) is 18.4 Å². The van der Waals surface area contributed by atoms with E-state index >= 15 is 0 Å². The largest absolute Gasteiger partial charge is 0.489 e. The van der Waals surface area contributed by atoms with Gasteiger partial charge in [-0.2, -0.15) is 28.7 Å². The monoisotopic (exact) mass is 422 g/mol. The summed E-state index contributed by atoms with van der Waals surface area (Å²) < 4.78 is 68.3. The highest BCUT2D eigenvalue weighted by molar-refractivity contribution is 7.90. The number of alkyl halides is 3. The molecule has 0 radical (unpaired) electrons. The highest BCUT2D eigenvalue weighted by Crippen LogP contribution is 2.36. The van der Waals surface area contributed by atoms with Gasteiger partial charge in [-0.1, -0.05) is 12.1 Å². The van der Waals surface area contributed by atoms with E-state index < -0.39 is 21.6 Å². The van der Waals surface area contributed by atoms with Crippen molar-refractivity contribution in [2.75, 3.05) is 6.26 Å². The number of nitriles is 1. The summed E-state index contributed by atoms with van der Waals surface area (Å²) >= 11 is 0. The van der Waals surface area contributed by atoms with Crippen LogP contribution in [0.3, 0.4) is 0 Å². The van der Waals surface area contributed by atoms with Gasteiger partial charge in [0.15, 0.2) is 15.5 Å². The Morgan fingerprint density at radius 1 is 1.14 bits per heavy atom. The molecule has 0 amide bonds. The topological polar surface area (TPSA) is 109 Å². The highest BCUT2D eigenvalue weighted by atomic mass is 32.2. The molecular weight excluding hydrogens is 409 g/mol. The van der Waals surface area contributed by atoms with Gasteiger partial charge in [0.25, 0.3) is 0 Å². The molecule has 0 unspecified atom stereocenters. The fourth-order valence-electron chi connectivity index (χ4n) is 2.49. The van der Waals surface area contributed by atoms with Crippen LogP contribution in [0.15, 0.2) is 47.4 Å². The van der Waals surface area contributed by atoms with Crippen molar-refractivity contribution in [3.8, 4) is 23.1 Å². The first-order valence-corrected chi connectivity index (χ1v) is 9.92. The van der Waals surface area contributed by atoms with Crippen molar-refractivity contribution in [3.63, 3.8) is 0 Å². The first-order chi connectivity index (χ1) is 13.6. The minimum Gasteiger partial charge on any atom is -0.489 e. The number of sulfone groups is 1. The van der Waals surface area contributed by atoms with Gasteiger partial charge in [-0.3, -0.25) is 0 Å². The summed E-state index contributed by atoms with van der Waals surface area (Å²) in [6.07, 6.45) is -3.57. The van der Waals surface area contributed by atoms with E-state index in [4.69, 9.17) is 10.00 Å². The molecule has 0 atom stereocenters. The lowest BCUT2D eigenvalue weighted by Gasteiger charge is -2.13. The average molecular weight is 422 g/mol. The van der Waals surface area contributed by atoms with Gasteiger partial charge in [-0.05, 0) is 35.9 Å². The second kappa shape index (κ2) is 7.56. The SMILES string of the molecule is CS(=O)(=O)c1ccc(COc2cc(-c3n[nH]nc3C#N)cc(C(F)(F)F)c2)cc1. The van der Waals surface area contributed by atoms with Gasteiger partial charge in [0.1, 0.15) is 24.1 Å². The molecule has 1 N–H and O–H groups in total. The standard InChI is InChI=1S/C18H13F3N4O3S/c1-29(26,27)15-4-2-11(3-5-15)10-28-14-7-12(6-13(8-14)18(19,20)21)17-16(9-22)23-25-24-17/h2-8H,10H2,1H3,(H,23,24,25). The number of rotatable bonds is 5. The molecule has 3 aromatic rings. The number of ether oxygens (including phenoxy) is 1. The number of nitrogens with zero attached hydrogens (tertiary/aromatic N) is 3. The Morgan fingerprint density at radius 2 is 1.83 bits per heavy atom. The second-order valence-electron chi connectivity index (χ2n) is 6.08. The number of hydrogen-bond donors (Lipinski definition) is 1. The van der Waals surface area contributed by atoms with Crippen molar-refractivity contribution in [2.45, 2.75) is 17.7 Å². The molecule has 1 heterocycles. The molecule has 2 aromatic carbocycles. The van der Waals surface area contributed by atoms with Crippen LogP contribution in [-0.4, -0.2) is 30.1 Å². The fraction of sp³-hybridized carbons (Fsp3) is 0.167. The second-order valence-corrected chi connectivity index (χ2v) is 8.10. The third-order valence-electron chi connectivity index (χ3n) is 3.92. The van der Waals surface area contributed by atoms with E-state index in [9.17, 15) is 21.6 Å². The lowest BCUT2D eigenvalue weighted by molar-refractivity contribution is -0.137. The van der Waals surface area contributed by atoms with Crippen molar-refractivity contribution < 1.29 is 26.3 Å². The molecule has 150 valence electrons. The van der Waals surface area contributed by atoms with Gasteiger partial charge in [0.05, 0.1) is 10.5 Å². The molecule has 7 nitrogen and oxygen atoms in total. The minimum atomic E-state index is -4.64. The summed E-state index contributed by atoms with van der Waals surface area (Å²) in [5, 5.41) is 18.6. The zero-order chi connectivity index (χ0) is 21.2. The van der Waals surface area contributed by atoms with Gasteiger partial charge in [-0.25, -0.2) is 8.42 Å². The van der Waals surface area contributed by atoms with Crippen molar-refractivity contribution in [3.05, 3.63) is 59.3 Å². The van der Waals surface area contributed by atoms with Crippen LogP contribution in [0, 0.1) is 11.3 Å². The van der Waals surface area contributed by atoms with Gasteiger partial charge in [-0.15, -0.1) is 5.10 Å². The summed E-state index contributed by atoms with van der Waals surface area (Å²) in [6, 6.07) is 10.6. The van der Waals surface area contributed by atoms with Crippen LogP contribution in [0.2, 0.25) is 0 Å². The van der Waals surface area contributed by atoms with Crippen LogP contribution in [0.5, 0.6) is 5.75 Å². The van der Waals surface area contributed by atoms with Crippen molar-refractivity contribution in [1.82, 2.24) is 15.4 Å². The van der Waals surface area contributed by atoms with Crippen LogP contribution >= 0.6 is 0 Å². The lowest BCUT2D eigenvalue weighted by Crippen LogP contribution is -2.06. The van der Waals surface area contributed by atoms with Crippen LogP contribution in [0.4, 0.5) is 13.2 Å². The Bertz CT molecular complexity index is 1180. The Hall–Kier alpha value is -3.39. The Morgan fingerprint density at radius 3 is 2.41 bits per heavy atom. The summed E-state index contributed by atoms with van der Waals surface area (Å²) in [6.45, 7) is -0.0886. The highest BCUT2D eigenvalue weighted by Gasteiger charge is 2.32. The summed E-state index contributed by atoms with van der Waals surface area (Å²) in [5.74, 6) is -0.0890. The van der Waals surface area contributed by atoms with Gasteiger partial charge in [0.2, 0.25) is 0 Å². The number of benzene rings is 2. The molecule has 0 aliphatic rings. The number of H-pyrrole nitrogens is 1. The molecule has 0 spiro atoms. The van der Waals surface area contributed by atoms with E-state index in [-0.39, 0.29) is 34.2 Å². The Balaban J connectivity index is 1.91. The predicted octanol–water partition coefficient (Wildman–Crippen LogP) is 3.34. The summed E-state index contributed by atoms with van der Waals surface area (Å²) in [5.41, 5.74) is -0.556. The molecule has 0 bridgehead atoms. The number of halogens is 3. The van der Waals surface area contributed by atoms with Crippen LogP contribution in [0.25, 0.3) is 11.3 Å². The van der Waals surface area contributed by atoms with Crippen LogP contribution < -0.4 is 4.74 Å². The van der Waals surface area contributed by atoms with E-state index in [0.29, 0.717) is 5.56 Å². The maximum absolute atomic E-state index is 13.3. The normalized spacial score (nSPS) is 11.8. The van der Waals surface area contributed by atoms with E-state index in [1.807, 2.05) is 0 Å². The number of aromatic nitrogens is 3. The zero-order valence-corrected chi connectivity index (χ0v) is 15.7. The maximum Gasteiger partial charge on any atom is 0.416 e. The third-order valence-corrected chi connectivity index (χ3v) is 5.05. The van der Waals surface area contributed by atoms with Crippen molar-refractivity contribution in [1.29, 1.82) is 5.26 Å². The Labute approximate surface area is 163 Å². The van der Waals surface area contributed by atoms with Crippen LogP contribution in [-0.2, 0) is 22.6 Å². The van der Waals surface area contributed by atoms with Crippen molar-refractivity contribution in [2.24, 2.45) is 0 Å². The smallest absolute Gasteiger partial charge is 0.416 e. The molecule has 29 heavy (non-hydrogen) atoms. The van der Waals surface area contributed by atoms with E-state index in [2.05, 4.69) is 15.4 Å². The molecule has 11 heteroatoms. The molecule has 0 aliphatic heterocycles. The molecule has 0 saturated carbocycles. The minimum absolute atomic E-state index is 0.0209. The predicted molar refractivity (Wildman–Crippen MR) is 95.4 cm³/mol. The number of hydrogen-bond acceptors (Lipinski definition) is 6. The maximum atomic E-state index is 13.3. The van der Waals surface area contributed by atoms with Gasteiger partial charge < -0.3 is 4.74 Å². The van der Waals surface area contributed by atoms with Crippen molar-refractivity contribution >= 4 is 9.84 Å². The van der Waals surface area contributed by atoms with Gasteiger partial charge >= 0.3 is 6.18 Å². The van der Waals surface area contributed by atoms with Gasteiger partial charge in [0, 0.05) is 11.8 Å². The summed E-state index contributed by atoms with van der Waals surface area (Å²) in [4.78, 5) is 0.123. The number of aromatic amines is 1. The van der Waals surface area contributed by atoms with E-state index in [1.165, 1.54) is 30.3 Å². The number of nitrogens with one attached hydrogen (secondary N) is 1. The molecule has 1 aromatic heterocycles. The van der Waals surface area contributed by atoms with Crippen LogP contribution in [0.1, 0.15) is 16.8 Å². The Kier molecular flexibility index (Phi) is 5.30. The first kappa shape index (κ1) is 20.3. The zero-order valence-electron chi connectivity index (χ0n) is 14.9. The fourth-order valence-corrected chi connectivity index (χ4v) is 3.12. The molecule has 0 fully saturated rings. The lowest BCUT2D eigenvalue weighted by atomic mass is 10.1. The molecule has 0 saturated heterocycles. The molecular formula is C18H13F3N4O3S. The molecule has 0 aliphatic carbocycles. The summed E-state index contributed by atoms with van der Waals surface area (Å²) in [7, 11) is -3.35. The average Bonchev–Trinajstić information content (AvgIpc) is 3.14. The van der Waals surface area contributed by atoms with E-state index in [1.54, 1.807) is 6.07 Å². The third kappa shape index (κ3) is 4.72. The molecule has 3 rings (SSSR count).